The van der Waals surface area contributed by atoms with Gasteiger partial charge in [0.1, 0.15) is 5.84 Å². The lowest BCUT2D eigenvalue weighted by atomic mass is 10.1. The fourth-order valence-electron chi connectivity index (χ4n) is 2.10. The van der Waals surface area contributed by atoms with E-state index >= 15 is 0 Å². The van der Waals surface area contributed by atoms with Crippen LogP contribution in [0, 0.1) is 0 Å². The molecule has 0 bridgehead atoms. The highest BCUT2D eigenvalue weighted by atomic mass is 35.5. The number of carbonyl (C=O) groups is 1. The molecule has 1 amide bonds. The second kappa shape index (κ2) is 7.96. The Kier molecular flexibility index (Phi) is 6.76. The molecule has 0 aromatic heterocycles. The van der Waals surface area contributed by atoms with Crippen molar-refractivity contribution in [3.63, 3.8) is 0 Å². The number of benzene rings is 1. The second-order valence-electron chi connectivity index (χ2n) is 6.20. The van der Waals surface area contributed by atoms with E-state index in [4.69, 9.17) is 5.73 Å². The Morgan fingerprint density at radius 3 is 2.67 bits per heavy atom. The average Bonchev–Trinajstić information content (AvgIpc) is 2.73. The topological polar surface area (TPSA) is 114 Å². The van der Waals surface area contributed by atoms with Crippen molar-refractivity contribution in [2.24, 2.45) is 10.7 Å². The Bertz CT molecular complexity index is 726. The first-order chi connectivity index (χ1) is 10.7. The number of hydrogen-bond acceptors (Lipinski definition) is 5. The summed E-state index contributed by atoms with van der Waals surface area (Å²) in [6.45, 7) is 4.45. The van der Waals surface area contributed by atoms with Crippen molar-refractivity contribution in [2.45, 2.75) is 37.1 Å². The van der Waals surface area contributed by atoms with Gasteiger partial charge in [0, 0.05) is 30.6 Å². The van der Waals surface area contributed by atoms with E-state index in [0.29, 0.717) is 37.3 Å². The van der Waals surface area contributed by atoms with E-state index in [1.54, 1.807) is 24.3 Å². The standard InChI is InChI=1S/C15H22N4O3S.ClH/c1-15(2,16)10-18-13(20)8-5-9-17-14-11-6-3-4-7-12(11)23(21,22)19-14;/h3-4,6-7H,5,8-10,16H2,1-2H3,(H,17,19)(H,18,20);1H. The number of hydrogen-bond donors (Lipinski definition) is 3. The number of nitrogens with two attached hydrogens (primary N) is 1. The highest BCUT2D eigenvalue weighted by Crippen LogP contribution is 2.22. The Hall–Kier alpha value is -1.64. The molecule has 4 N–H and O–H groups in total. The van der Waals surface area contributed by atoms with Crippen molar-refractivity contribution in [1.29, 1.82) is 0 Å². The minimum Gasteiger partial charge on any atom is -0.354 e. The summed E-state index contributed by atoms with van der Waals surface area (Å²) >= 11 is 0. The van der Waals surface area contributed by atoms with Crippen LogP contribution in [-0.4, -0.2) is 38.8 Å². The summed E-state index contributed by atoms with van der Waals surface area (Å²) in [5.74, 6) is 0.250. The quantitative estimate of drug-likeness (QED) is 0.638. The number of aliphatic imine (C=N–C) groups is 1. The molecule has 0 fully saturated rings. The molecular formula is C15H23ClN4O3S. The molecule has 134 valence electrons. The van der Waals surface area contributed by atoms with Gasteiger partial charge in [0.15, 0.2) is 0 Å². The Morgan fingerprint density at radius 1 is 1.33 bits per heavy atom. The average molecular weight is 375 g/mol. The van der Waals surface area contributed by atoms with Crippen molar-refractivity contribution in [2.75, 3.05) is 13.1 Å². The smallest absolute Gasteiger partial charge is 0.263 e. The molecule has 7 nitrogen and oxygen atoms in total. The van der Waals surface area contributed by atoms with Gasteiger partial charge in [-0.3, -0.25) is 14.5 Å². The molecular weight excluding hydrogens is 352 g/mol. The third kappa shape index (κ3) is 5.47. The lowest BCUT2D eigenvalue weighted by Crippen LogP contribution is -2.45. The normalized spacial score (nSPS) is 16.9. The first-order valence-electron chi connectivity index (χ1n) is 7.41. The van der Waals surface area contributed by atoms with Crippen LogP contribution in [-0.2, 0) is 14.8 Å². The molecule has 24 heavy (non-hydrogen) atoms. The van der Waals surface area contributed by atoms with Gasteiger partial charge in [-0.15, -0.1) is 12.4 Å². The molecule has 2 rings (SSSR count). The fourth-order valence-corrected chi connectivity index (χ4v) is 3.35. The zero-order valence-electron chi connectivity index (χ0n) is 13.7. The number of nitrogens with zero attached hydrogens (tertiary/aromatic N) is 1. The summed E-state index contributed by atoms with van der Waals surface area (Å²) in [7, 11) is -3.51. The fraction of sp³-hybridized carbons (Fsp3) is 0.467. The lowest BCUT2D eigenvalue weighted by Gasteiger charge is -2.18. The van der Waals surface area contributed by atoms with Crippen LogP contribution in [0.4, 0.5) is 0 Å². The lowest BCUT2D eigenvalue weighted by molar-refractivity contribution is -0.121. The number of amidine groups is 1. The van der Waals surface area contributed by atoms with Crippen LogP contribution in [0.25, 0.3) is 0 Å². The Balaban J connectivity index is 0.00000288. The van der Waals surface area contributed by atoms with Crippen LogP contribution in [0.5, 0.6) is 0 Å². The summed E-state index contributed by atoms with van der Waals surface area (Å²) in [6, 6.07) is 6.69. The molecule has 0 saturated heterocycles. The zero-order valence-corrected chi connectivity index (χ0v) is 15.3. The van der Waals surface area contributed by atoms with E-state index in [0.717, 1.165) is 0 Å². The number of carbonyl (C=O) groups excluding carboxylic acids is 1. The molecule has 1 aliphatic heterocycles. The van der Waals surface area contributed by atoms with Gasteiger partial charge in [0.2, 0.25) is 5.91 Å². The summed E-state index contributed by atoms with van der Waals surface area (Å²) < 4.78 is 26.3. The summed E-state index contributed by atoms with van der Waals surface area (Å²) in [5.41, 5.74) is 5.92. The van der Waals surface area contributed by atoms with Crippen molar-refractivity contribution in [3.8, 4) is 0 Å². The monoisotopic (exact) mass is 374 g/mol. The number of halogens is 1. The number of fused-ring (bicyclic) bond motifs is 1. The largest absolute Gasteiger partial charge is 0.354 e. The van der Waals surface area contributed by atoms with Crippen molar-refractivity contribution < 1.29 is 13.2 Å². The molecule has 0 atom stereocenters. The van der Waals surface area contributed by atoms with Gasteiger partial charge in [0.25, 0.3) is 10.0 Å². The minimum absolute atomic E-state index is 0. The first kappa shape index (κ1) is 20.4. The van der Waals surface area contributed by atoms with Gasteiger partial charge in [-0.05, 0) is 32.4 Å². The van der Waals surface area contributed by atoms with Gasteiger partial charge in [-0.2, -0.15) is 0 Å². The van der Waals surface area contributed by atoms with E-state index in [9.17, 15) is 13.2 Å². The zero-order chi connectivity index (χ0) is 17.1. The van der Waals surface area contributed by atoms with E-state index in [1.807, 2.05) is 13.8 Å². The summed E-state index contributed by atoms with van der Waals surface area (Å²) in [6.07, 6.45) is 0.853. The summed E-state index contributed by atoms with van der Waals surface area (Å²) in [4.78, 5) is 16.2. The first-order valence-corrected chi connectivity index (χ1v) is 8.90. The van der Waals surface area contributed by atoms with Gasteiger partial charge in [-0.25, -0.2) is 8.42 Å². The van der Waals surface area contributed by atoms with Crippen LogP contribution < -0.4 is 15.8 Å². The number of amides is 1. The number of sulfonamides is 1. The van der Waals surface area contributed by atoms with Crippen LogP contribution in [0.1, 0.15) is 32.3 Å². The molecule has 1 aliphatic rings. The third-order valence-electron chi connectivity index (χ3n) is 3.24. The number of nitrogens with one attached hydrogen (secondary N) is 2. The van der Waals surface area contributed by atoms with E-state index < -0.39 is 15.6 Å². The predicted molar refractivity (Wildman–Crippen MR) is 95.9 cm³/mol. The molecule has 1 aromatic carbocycles. The minimum atomic E-state index is -3.51. The molecule has 0 aliphatic carbocycles. The Morgan fingerprint density at radius 2 is 2.00 bits per heavy atom. The maximum atomic E-state index is 11.9. The molecule has 1 aromatic rings. The highest BCUT2D eigenvalue weighted by Gasteiger charge is 2.29. The molecule has 0 unspecified atom stereocenters. The van der Waals surface area contributed by atoms with Gasteiger partial charge in [-0.1, -0.05) is 12.1 Å². The maximum absolute atomic E-state index is 11.9. The molecule has 0 radical (unpaired) electrons. The SMILES string of the molecule is CC(C)(N)CNC(=O)CCCN=C1NS(=O)(=O)c2ccccc21.Cl. The van der Waals surface area contributed by atoms with Gasteiger partial charge < -0.3 is 11.1 Å². The highest BCUT2D eigenvalue weighted by molar-refractivity contribution is 7.90. The van der Waals surface area contributed by atoms with Crippen molar-refractivity contribution in [1.82, 2.24) is 10.0 Å². The second-order valence-corrected chi connectivity index (χ2v) is 7.85. The molecule has 0 saturated carbocycles. The van der Waals surface area contributed by atoms with Crippen LogP contribution >= 0.6 is 12.4 Å². The van der Waals surface area contributed by atoms with Crippen LogP contribution in [0.15, 0.2) is 34.2 Å². The van der Waals surface area contributed by atoms with E-state index in [2.05, 4.69) is 15.0 Å². The summed E-state index contributed by atoms with van der Waals surface area (Å²) in [5, 5.41) is 2.76. The Labute approximate surface area is 148 Å². The van der Waals surface area contributed by atoms with Crippen LogP contribution in [0.2, 0.25) is 0 Å². The molecule has 1 heterocycles. The maximum Gasteiger partial charge on any atom is 0.263 e. The van der Waals surface area contributed by atoms with E-state index in [1.165, 1.54) is 0 Å². The van der Waals surface area contributed by atoms with Crippen molar-refractivity contribution >= 4 is 34.2 Å². The van der Waals surface area contributed by atoms with Gasteiger partial charge in [0.05, 0.1) is 4.90 Å². The van der Waals surface area contributed by atoms with Gasteiger partial charge >= 0.3 is 0 Å². The number of rotatable bonds is 6. The van der Waals surface area contributed by atoms with Crippen LogP contribution in [0.3, 0.4) is 0 Å². The predicted octanol–water partition coefficient (Wildman–Crippen LogP) is 0.781. The molecule has 9 heteroatoms. The third-order valence-corrected chi connectivity index (χ3v) is 4.63. The van der Waals surface area contributed by atoms with E-state index in [-0.39, 0.29) is 23.2 Å². The van der Waals surface area contributed by atoms with Crippen molar-refractivity contribution in [3.05, 3.63) is 29.8 Å². The molecule has 0 spiro atoms.